The first-order valence-corrected chi connectivity index (χ1v) is 12.3. The van der Waals surface area contributed by atoms with Crippen molar-refractivity contribution in [3.8, 4) is 0 Å². The molecule has 0 aromatic carbocycles. The highest BCUT2D eigenvalue weighted by Gasteiger charge is 2.54. The van der Waals surface area contributed by atoms with Crippen LogP contribution in [0.1, 0.15) is 105 Å². The summed E-state index contributed by atoms with van der Waals surface area (Å²) in [5.41, 5.74) is 4.70. The van der Waals surface area contributed by atoms with Gasteiger partial charge in [-0.1, -0.05) is 78.9 Å². The molecule has 0 unspecified atom stereocenters. The summed E-state index contributed by atoms with van der Waals surface area (Å²) in [6.45, 7) is 12.6. The van der Waals surface area contributed by atoms with E-state index in [0.717, 1.165) is 29.6 Å². The highest BCUT2D eigenvalue weighted by atomic mass is 14.6. The summed E-state index contributed by atoms with van der Waals surface area (Å²) in [7, 11) is 0. The Morgan fingerprint density at radius 2 is 1.78 bits per heavy atom. The third-order valence-corrected chi connectivity index (χ3v) is 9.65. The largest absolute Gasteiger partial charge is 0.0804 e. The van der Waals surface area contributed by atoms with E-state index >= 15 is 0 Å². The summed E-state index contributed by atoms with van der Waals surface area (Å²) in [6, 6.07) is 0. The average Bonchev–Trinajstić information content (AvgIpc) is 2.98. The Balaban J connectivity index is 1.52. The lowest BCUT2D eigenvalue weighted by atomic mass is 9.49. The summed E-state index contributed by atoms with van der Waals surface area (Å²) in [5, 5.41) is 0. The molecule has 2 saturated carbocycles. The van der Waals surface area contributed by atoms with Crippen molar-refractivity contribution in [3.05, 3.63) is 23.3 Å². The number of hydrogen-bond donors (Lipinski definition) is 0. The summed E-state index contributed by atoms with van der Waals surface area (Å²) >= 11 is 0. The van der Waals surface area contributed by atoms with Gasteiger partial charge in [0.2, 0.25) is 0 Å². The number of hydrogen-bond acceptors (Lipinski definition) is 0. The maximum atomic E-state index is 2.72. The van der Waals surface area contributed by atoms with Gasteiger partial charge in [0, 0.05) is 0 Å². The van der Waals surface area contributed by atoms with Gasteiger partial charge in [0.25, 0.3) is 0 Å². The van der Waals surface area contributed by atoms with Gasteiger partial charge in [-0.2, -0.15) is 0 Å². The highest BCUT2D eigenvalue weighted by molar-refractivity contribution is 5.46. The molecule has 0 aromatic rings. The van der Waals surface area contributed by atoms with Crippen molar-refractivity contribution in [1.29, 1.82) is 0 Å². The van der Waals surface area contributed by atoms with Crippen LogP contribution in [0.5, 0.6) is 0 Å². The minimum absolute atomic E-state index is 0.470. The van der Waals surface area contributed by atoms with E-state index in [-0.39, 0.29) is 0 Å². The molecule has 6 atom stereocenters. The van der Waals surface area contributed by atoms with Gasteiger partial charge in [-0.05, 0) is 90.1 Å². The van der Waals surface area contributed by atoms with E-state index in [4.69, 9.17) is 0 Å². The van der Waals surface area contributed by atoms with Crippen LogP contribution in [0, 0.1) is 40.4 Å². The van der Waals surface area contributed by atoms with Crippen LogP contribution >= 0.6 is 0 Å². The predicted molar refractivity (Wildman–Crippen MR) is 118 cm³/mol. The number of fused-ring (bicyclic) bond motifs is 5. The summed E-state index contributed by atoms with van der Waals surface area (Å²) in [5.74, 6) is 4.46. The van der Waals surface area contributed by atoms with Gasteiger partial charge < -0.3 is 0 Å². The lowest BCUT2D eigenvalue weighted by Crippen LogP contribution is -2.46. The fourth-order valence-electron chi connectivity index (χ4n) is 7.89. The topological polar surface area (TPSA) is 0 Å². The third kappa shape index (κ3) is 3.28. The Morgan fingerprint density at radius 3 is 2.56 bits per heavy atom. The van der Waals surface area contributed by atoms with Crippen LogP contribution < -0.4 is 0 Å². The Kier molecular flexibility index (Phi) is 5.41. The predicted octanol–water partition coefficient (Wildman–Crippen LogP) is 8.34. The Hall–Kier alpha value is -0.520. The molecule has 4 aliphatic carbocycles. The van der Waals surface area contributed by atoms with E-state index in [9.17, 15) is 0 Å². The van der Waals surface area contributed by atoms with E-state index in [1.807, 2.05) is 11.1 Å². The van der Waals surface area contributed by atoms with Crippen LogP contribution in [-0.4, -0.2) is 0 Å². The first kappa shape index (κ1) is 19.8. The standard InChI is InChI=1S/C27H44/c1-19(2)9-8-10-20(3)23-14-15-24-22-13-12-21-11-6-7-17-26(21,4)25(22)16-18-27(23,24)5/h13,15,19-21,23,25H,6-12,14,16-18H2,1-5H3/t20-,21-,23-,25+,26+,27-/m1/s1. The monoisotopic (exact) mass is 368 g/mol. The number of rotatable bonds is 5. The van der Waals surface area contributed by atoms with Crippen molar-refractivity contribution in [3.63, 3.8) is 0 Å². The van der Waals surface area contributed by atoms with E-state index in [1.54, 1.807) is 0 Å². The van der Waals surface area contributed by atoms with Crippen molar-refractivity contribution in [1.82, 2.24) is 0 Å². The molecule has 0 bridgehead atoms. The molecule has 27 heavy (non-hydrogen) atoms. The zero-order valence-corrected chi connectivity index (χ0v) is 18.8. The highest BCUT2D eigenvalue weighted by Crippen LogP contribution is 2.65. The SMILES string of the molecule is CC(C)CCC[C@@H](C)[C@H]1CC=C2C3=CC[C@H]4CCCC[C@]4(C)[C@H]3CC[C@@]21C. The van der Waals surface area contributed by atoms with E-state index < -0.39 is 0 Å². The lowest BCUT2D eigenvalue weighted by molar-refractivity contribution is 0.0243. The van der Waals surface area contributed by atoms with Gasteiger partial charge in [0.1, 0.15) is 0 Å². The quantitative estimate of drug-likeness (QED) is 0.457. The third-order valence-electron chi connectivity index (χ3n) is 9.65. The van der Waals surface area contributed by atoms with Crippen molar-refractivity contribution >= 4 is 0 Å². The van der Waals surface area contributed by atoms with Gasteiger partial charge in [-0.15, -0.1) is 0 Å². The molecule has 0 amide bonds. The maximum absolute atomic E-state index is 2.72. The molecule has 2 fully saturated rings. The fourth-order valence-corrected chi connectivity index (χ4v) is 7.89. The van der Waals surface area contributed by atoms with Gasteiger partial charge in [0.05, 0.1) is 0 Å². The molecular weight excluding hydrogens is 324 g/mol. The molecule has 4 aliphatic rings. The summed E-state index contributed by atoms with van der Waals surface area (Å²) in [6.07, 6.45) is 21.2. The normalized spacial score (nSPS) is 42.1. The molecule has 0 heterocycles. The molecule has 0 nitrogen and oxygen atoms in total. The molecular formula is C27H44. The fraction of sp³-hybridized carbons (Fsp3) is 0.852. The van der Waals surface area contributed by atoms with Crippen LogP contribution in [0.3, 0.4) is 0 Å². The van der Waals surface area contributed by atoms with Crippen molar-refractivity contribution in [2.24, 2.45) is 40.4 Å². The van der Waals surface area contributed by atoms with Crippen LogP contribution in [0.25, 0.3) is 0 Å². The van der Waals surface area contributed by atoms with Gasteiger partial charge >= 0.3 is 0 Å². The molecule has 0 saturated heterocycles. The van der Waals surface area contributed by atoms with E-state index in [0.29, 0.717) is 10.8 Å². The van der Waals surface area contributed by atoms with E-state index in [2.05, 4.69) is 46.8 Å². The minimum atomic E-state index is 0.470. The maximum Gasteiger partial charge on any atom is -0.00418 e. The molecule has 4 rings (SSSR count). The van der Waals surface area contributed by atoms with Gasteiger partial charge in [-0.3, -0.25) is 0 Å². The van der Waals surface area contributed by atoms with E-state index in [1.165, 1.54) is 70.6 Å². The second-order valence-electron chi connectivity index (χ2n) is 11.6. The van der Waals surface area contributed by atoms with Crippen LogP contribution in [-0.2, 0) is 0 Å². The molecule has 0 spiro atoms. The lowest BCUT2D eigenvalue weighted by Gasteiger charge is -2.56. The smallest absolute Gasteiger partial charge is 0.00418 e. The van der Waals surface area contributed by atoms with Crippen molar-refractivity contribution < 1.29 is 0 Å². The molecule has 0 aliphatic heterocycles. The molecule has 0 radical (unpaired) electrons. The molecule has 0 aromatic heterocycles. The molecule has 0 heteroatoms. The zero-order valence-electron chi connectivity index (χ0n) is 18.8. The number of allylic oxidation sites excluding steroid dienone is 4. The second kappa shape index (κ2) is 7.38. The molecule has 0 N–H and O–H groups in total. The van der Waals surface area contributed by atoms with Crippen molar-refractivity contribution in [2.45, 2.75) is 105 Å². The first-order valence-electron chi connectivity index (χ1n) is 12.3. The zero-order chi connectivity index (χ0) is 19.2. The first-order chi connectivity index (χ1) is 12.9. The Morgan fingerprint density at radius 1 is 0.963 bits per heavy atom. The second-order valence-corrected chi connectivity index (χ2v) is 11.6. The molecule has 152 valence electrons. The Bertz CT molecular complexity index is 608. The van der Waals surface area contributed by atoms with Crippen molar-refractivity contribution in [2.75, 3.05) is 0 Å². The Labute approximate surface area is 169 Å². The van der Waals surface area contributed by atoms with Crippen LogP contribution in [0.15, 0.2) is 23.3 Å². The summed E-state index contributed by atoms with van der Waals surface area (Å²) < 4.78 is 0. The van der Waals surface area contributed by atoms with Gasteiger partial charge in [-0.25, -0.2) is 0 Å². The summed E-state index contributed by atoms with van der Waals surface area (Å²) in [4.78, 5) is 0. The van der Waals surface area contributed by atoms with Gasteiger partial charge in [0.15, 0.2) is 0 Å². The average molecular weight is 369 g/mol. The minimum Gasteiger partial charge on any atom is -0.0804 e. The van der Waals surface area contributed by atoms with Crippen LogP contribution in [0.4, 0.5) is 0 Å². The van der Waals surface area contributed by atoms with Crippen LogP contribution in [0.2, 0.25) is 0 Å².